The van der Waals surface area contributed by atoms with E-state index < -0.39 is 0 Å². The van der Waals surface area contributed by atoms with Gasteiger partial charge in [0, 0.05) is 49.0 Å². The number of furan rings is 1. The molecule has 13 rings (SSSR count). The van der Waals surface area contributed by atoms with Gasteiger partial charge in [-0.15, -0.1) is 0 Å². The summed E-state index contributed by atoms with van der Waals surface area (Å²) < 4.78 is 11.5. The lowest BCUT2D eigenvalue weighted by Gasteiger charge is -2.13. The van der Waals surface area contributed by atoms with Crippen LogP contribution < -0.4 is 0 Å². The van der Waals surface area contributed by atoms with Crippen LogP contribution in [0.5, 0.6) is 0 Å². The van der Waals surface area contributed by atoms with Crippen molar-refractivity contribution in [1.82, 2.24) is 19.1 Å². The molecule has 5 nitrogen and oxygen atoms in total. The van der Waals surface area contributed by atoms with Crippen LogP contribution in [0.3, 0.4) is 0 Å². The fourth-order valence-electron chi connectivity index (χ4n) is 9.49. The Morgan fingerprint density at radius 3 is 1.73 bits per heavy atom. The second-order valence-electron chi connectivity index (χ2n) is 15.3. The highest BCUT2D eigenvalue weighted by Gasteiger charge is 2.24. The maximum absolute atomic E-state index is 6.92. The van der Waals surface area contributed by atoms with Gasteiger partial charge in [-0.2, -0.15) is 0 Å². The van der Waals surface area contributed by atoms with Crippen molar-refractivity contribution in [3.8, 4) is 34.0 Å². The van der Waals surface area contributed by atoms with Crippen molar-refractivity contribution in [2.24, 2.45) is 0 Å². The van der Waals surface area contributed by atoms with Crippen LogP contribution in [0, 0.1) is 0 Å². The minimum Gasteiger partial charge on any atom is -0.455 e. The lowest BCUT2D eigenvalue weighted by Crippen LogP contribution is -2.03. The highest BCUT2D eigenvalue weighted by Crippen LogP contribution is 2.45. The van der Waals surface area contributed by atoms with Crippen LogP contribution in [0.1, 0.15) is 0 Å². The molecule has 13 aromatic rings. The standard InChI is InChI=1S/C54H32N4O/c1-3-15-33(16-4-1)36-30-42-41-29-34-17-7-8-18-35(34)32-49(41)59-53(42)43(31-36)52-38-21-9-12-24-44(38)55-54(56-52)58-46-26-14-11-23-40(46)51-48(58)28-27-47-50(51)39-22-10-13-25-45(39)57(47)37-19-5-2-6-20-37/h1-32H. The molecule has 9 aromatic carbocycles. The zero-order valence-corrected chi connectivity index (χ0v) is 31.7. The van der Waals surface area contributed by atoms with Crippen LogP contribution in [0.15, 0.2) is 199 Å². The Kier molecular flexibility index (Phi) is 6.66. The number of rotatable bonds is 4. The number of hydrogen-bond donors (Lipinski definition) is 0. The average molecular weight is 753 g/mol. The SMILES string of the molecule is c1ccc(-c2cc(-c3nc(-n4c5ccccc5c5c6c7ccccc7n(-c7ccccc7)c6ccc54)nc4ccccc34)c3oc4cc5ccccc5cc4c3c2)cc1. The van der Waals surface area contributed by atoms with E-state index in [1.165, 1.54) is 27.1 Å². The molecular weight excluding hydrogens is 721 g/mol. The van der Waals surface area contributed by atoms with Gasteiger partial charge >= 0.3 is 0 Å². The molecule has 0 fully saturated rings. The lowest BCUT2D eigenvalue weighted by molar-refractivity contribution is 0.670. The van der Waals surface area contributed by atoms with Crippen LogP contribution in [-0.2, 0) is 0 Å². The molecule has 0 saturated carbocycles. The lowest BCUT2D eigenvalue weighted by atomic mass is 9.96. The van der Waals surface area contributed by atoms with Crippen LogP contribution >= 0.6 is 0 Å². The predicted octanol–water partition coefficient (Wildman–Crippen LogP) is 14.2. The quantitative estimate of drug-likeness (QED) is 0.180. The van der Waals surface area contributed by atoms with Gasteiger partial charge in [0.1, 0.15) is 11.2 Å². The third kappa shape index (κ3) is 4.67. The van der Waals surface area contributed by atoms with Gasteiger partial charge in [0.25, 0.3) is 0 Å². The molecule has 0 bridgehead atoms. The second-order valence-corrected chi connectivity index (χ2v) is 15.3. The van der Waals surface area contributed by atoms with Crippen LogP contribution in [-0.4, -0.2) is 19.1 Å². The molecule has 0 saturated heterocycles. The minimum absolute atomic E-state index is 0.608. The average Bonchev–Trinajstić information content (AvgIpc) is 3.95. The van der Waals surface area contributed by atoms with E-state index in [9.17, 15) is 0 Å². The summed E-state index contributed by atoms with van der Waals surface area (Å²) in [5.74, 6) is 0.608. The third-order valence-electron chi connectivity index (χ3n) is 12.1. The topological polar surface area (TPSA) is 48.8 Å². The first-order valence-corrected chi connectivity index (χ1v) is 20.0. The van der Waals surface area contributed by atoms with Gasteiger partial charge in [0.05, 0.1) is 33.3 Å². The number of para-hydroxylation sites is 4. The molecule has 274 valence electrons. The Balaban J connectivity index is 1.14. The van der Waals surface area contributed by atoms with Crippen molar-refractivity contribution in [3.63, 3.8) is 0 Å². The fraction of sp³-hybridized carbons (Fsp3) is 0. The van der Waals surface area contributed by atoms with E-state index in [4.69, 9.17) is 14.4 Å². The number of hydrogen-bond acceptors (Lipinski definition) is 3. The van der Waals surface area contributed by atoms with E-state index in [2.05, 4.69) is 203 Å². The Morgan fingerprint density at radius 2 is 0.983 bits per heavy atom. The van der Waals surface area contributed by atoms with Crippen molar-refractivity contribution >= 4 is 87.2 Å². The molecule has 0 amide bonds. The largest absolute Gasteiger partial charge is 0.455 e. The van der Waals surface area contributed by atoms with Gasteiger partial charge in [-0.25, -0.2) is 9.97 Å². The summed E-state index contributed by atoms with van der Waals surface area (Å²) >= 11 is 0. The summed E-state index contributed by atoms with van der Waals surface area (Å²) in [5, 5.41) is 10.2. The van der Waals surface area contributed by atoms with E-state index in [1.54, 1.807) is 0 Å². The first-order chi connectivity index (χ1) is 29.3. The van der Waals surface area contributed by atoms with Crippen molar-refractivity contribution in [1.29, 1.82) is 0 Å². The second kappa shape index (κ2) is 12.2. The molecule has 4 aromatic heterocycles. The maximum Gasteiger partial charge on any atom is 0.235 e. The zero-order valence-electron chi connectivity index (χ0n) is 31.7. The first kappa shape index (κ1) is 32.1. The van der Waals surface area contributed by atoms with E-state index in [-0.39, 0.29) is 0 Å². The summed E-state index contributed by atoms with van der Waals surface area (Å²) in [7, 11) is 0. The first-order valence-electron chi connectivity index (χ1n) is 20.0. The molecule has 59 heavy (non-hydrogen) atoms. The number of aromatic nitrogens is 4. The highest BCUT2D eigenvalue weighted by atomic mass is 16.3. The maximum atomic E-state index is 6.92. The molecule has 5 heteroatoms. The van der Waals surface area contributed by atoms with Gasteiger partial charge in [0.15, 0.2) is 0 Å². The molecule has 0 aliphatic rings. The normalized spacial score (nSPS) is 12.1. The van der Waals surface area contributed by atoms with E-state index in [0.717, 1.165) is 88.2 Å². The number of nitrogens with zero attached hydrogens (tertiary/aromatic N) is 4. The van der Waals surface area contributed by atoms with Crippen molar-refractivity contribution in [2.75, 3.05) is 0 Å². The Morgan fingerprint density at radius 1 is 0.390 bits per heavy atom. The molecule has 0 unspecified atom stereocenters. The summed E-state index contributed by atoms with van der Waals surface area (Å²) in [5.41, 5.74) is 12.1. The molecule has 4 heterocycles. The predicted molar refractivity (Wildman–Crippen MR) is 244 cm³/mol. The number of fused-ring (bicyclic) bond motifs is 12. The molecular formula is C54H32N4O. The summed E-state index contributed by atoms with van der Waals surface area (Å²) in [4.78, 5) is 11.0. The van der Waals surface area contributed by atoms with Crippen molar-refractivity contribution < 1.29 is 4.42 Å². The van der Waals surface area contributed by atoms with E-state index >= 15 is 0 Å². The Bertz CT molecular complexity index is 3840. The van der Waals surface area contributed by atoms with E-state index in [0.29, 0.717) is 5.95 Å². The zero-order chi connectivity index (χ0) is 38.6. The summed E-state index contributed by atoms with van der Waals surface area (Å²) in [6.45, 7) is 0. The molecule has 0 atom stereocenters. The third-order valence-corrected chi connectivity index (χ3v) is 12.1. The number of benzene rings is 9. The van der Waals surface area contributed by atoms with Crippen molar-refractivity contribution in [3.05, 3.63) is 194 Å². The molecule has 0 aliphatic carbocycles. The molecule has 0 N–H and O–H groups in total. The van der Waals surface area contributed by atoms with Gasteiger partial charge in [-0.1, -0.05) is 127 Å². The fourth-order valence-corrected chi connectivity index (χ4v) is 9.49. The smallest absolute Gasteiger partial charge is 0.235 e. The van der Waals surface area contributed by atoms with Gasteiger partial charge in [0.2, 0.25) is 5.95 Å². The monoisotopic (exact) mass is 752 g/mol. The minimum atomic E-state index is 0.608. The Hall–Kier alpha value is -8.02. The summed E-state index contributed by atoms with van der Waals surface area (Å²) in [6.07, 6.45) is 0. The highest BCUT2D eigenvalue weighted by molar-refractivity contribution is 6.29. The molecule has 0 aliphatic heterocycles. The summed E-state index contributed by atoms with van der Waals surface area (Å²) in [6, 6.07) is 68.8. The van der Waals surface area contributed by atoms with Gasteiger partial charge in [-0.05, 0) is 88.6 Å². The molecule has 0 spiro atoms. The van der Waals surface area contributed by atoms with Gasteiger partial charge < -0.3 is 8.98 Å². The Labute approximate surface area is 337 Å². The van der Waals surface area contributed by atoms with Crippen molar-refractivity contribution in [2.45, 2.75) is 0 Å². The van der Waals surface area contributed by atoms with Gasteiger partial charge in [-0.3, -0.25) is 4.57 Å². The molecule has 0 radical (unpaired) electrons. The van der Waals surface area contributed by atoms with Crippen LogP contribution in [0.2, 0.25) is 0 Å². The van der Waals surface area contributed by atoms with Crippen LogP contribution in [0.4, 0.5) is 0 Å². The van der Waals surface area contributed by atoms with Crippen LogP contribution in [0.25, 0.3) is 121 Å². The van der Waals surface area contributed by atoms with E-state index in [1.807, 2.05) is 0 Å².